The average molecular weight is 364 g/mol. The van der Waals surface area contributed by atoms with Crippen LogP contribution in [0.1, 0.15) is 56.8 Å². The molecule has 1 amide bonds. The van der Waals surface area contributed by atoms with Gasteiger partial charge in [0.1, 0.15) is 11.4 Å². The molecule has 144 valence electrons. The highest BCUT2D eigenvalue weighted by Crippen LogP contribution is 2.25. The summed E-state index contributed by atoms with van der Waals surface area (Å²) in [5, 5.41) is 2.93. The Hall–Kier alpha value is -2.31. The van der Waals surface area contributed by atoms with E-state index in [1.165, 1.54) is 13.3 Å². The second kappa shape index (κ2) is 8.87. The maximum absolute atomic E-state index is 11.8. The van der Waals surface area contributed by atoms with Crippen LogP contribution < -0.4 is 10.1 Å². The minimum Gasteiger partial charge on any atom is -0.492 e. The van der Waals surface area contributed by atoms with Crippen molar-refractivity contribution < 1.29 is 23.8 Å². The fraction of sp³-hybridized carbons (Fsp3) is 0.632. The van der Waals surface area contributed by atoms with Crippen LogP contribution in [0.2, 0.25) is 0 Å². The molecule has 1 aromatic heterocycles. The normalized spacial score (nSPS) is 20.2. The molecule has 0 saturated heterocycles. The third kappa shape index (κ3) is 6.54. The maximum Gasteiger partial charge on any atom is 0.407 e. The van der Waals surface area contributed by atoms with Crippen LogP contribution in [0.3, 0.4) is 0 Å². The first kappa shape index (κ1) is 20.0. The summed E-state index contributed by atoms with van der Waals surface area (Å²) in [6.45, 7) is 6.12. The second-order valence-corrected chi connectivity index (χ2v) is 7.58. The van der Waals surface area contributed by atoms with Gasteiger partial charge in [-0.2, -0.15) is 0 Å². The smallest absolute Gasteiger partial charge is 0.407 e. The number of rotatable bonds is 5. The molecule has 1 aliphatic rings. The standard InChI is InChI=1S/C19H28N2O5/c1-19(2,3)26-18(23)21-15-7-5-13(6-8-15)12-25-16-9-14(10-20-11-16)17(22)24-4/h9-11,13,15H,5-8,12H2,1-4H3,(H,21,23)/t13-,15-. The van der Waals surface area contributed by atoms with Crippen molar-refractivity contribution in [1.82, 2.24) is 10.3 Å². The number of carbonyl (C=O) groups excluding carboxylic acids is 2. The zero-order valence-electron chi connectivity index (χ0n) is 15.9. The molecule has 7 heteroatoms. The summed E-state index contributed by atoms with van der Waals surface area (Å²) in [5.41, 5.74) is -0.114. The van der Waals surface area contributed by atoms with Crippen LogP contribution in [0.4, 0.5) is 4.79 Å². The molecular formula is C19H28N2O5. The number of pyridine rings is 1. The highest BCUT2D eigenvalue weighted by atomic mass is 16.6. The van der Waals surface area contributed by atoms with E-state index in [9.17, 15) is 9.59 Å². The Bertz CT molecular complexity index is 619. The van der Waals surface area contributed by atoms with Gasteiger partial charge in [0, 0.05) is 12.2 Å². The summed E-state index contributed by atoms with van der Waals surface area (Å²) in [4.78, 5) is 27.4. The van der Waals surface area contributed by atoms with Crippen molar-refractivity contribution in [2.45, 2.75) is 58.1 Å². The molecule has 26 heavy (non-hydrogen) atoms. The van der Waals surface area contributed by atoms with E-state index in [-0.39, 0.29) is 12.1 Å². The Kier molecular flexibility index (Phi) is 6.83. The van der Waals surface area contributed by atoms with Crippen LogP contribution in [0.15, 0.2) is 18.5 Å². The molecule has 0 radical (unpaired) electrons. The molecule has 0 unspecified atom stereocenters. The molecule has 7 nitrogen and oxygen atoms in total. The largest absolute Gasteiger partial charge is 0.492 e. The SMILES string of the molecule is COC(=O)c1cncc(OC[C@H]2CC[C@H](NC(=O)OC(C)(C)C)CC2)c1. The highest BCUT2D eigenvalue weighted by molar-refractivity contribution is 5.89. The summed E-state index contributed by atoms with van der Waals surface area (Å²) >= 11 is 0. The van der Waals surface area contributed by atoms with Gasteiger partial charge >= 0.3 is 12.1 Å². The number of amides is 1. The minimum absolute atomic E-state index is 0.144. The number of esters is 1. The van der Waals surface area contributed by atoms with Crippen LogP contribution >= 0.6 is 0 Å². The van der Waals surface area contributed by atoms with Crippen molar-refractivity contribution in [3.05, 3.63) is 24.0 Å². The topological polar surface area (TPSA) is 86.8 Å². The first-order chi connectivity index (χ1) is 12.3. The van der Waals surface area contributed by atoms with Crippen molar-refractivity contribution in [3.63, 3.8) is 0 Å². The van der Waals surface area contributed by atoms with Crippen LogP contribution in [0.25, 0.3) is 0 Å². The lowest BCUT2D eigenvalue weighted by atomic mass is 9.86. The van der Waals surface area contributed by atoms with Gasteiger partial charge in [-0.15, -0.1) is 0 Å². The molecule has 0 bridgehead atoms. The van der Waals surface area contributed by atoms with Crippen molar-refractivity contribution in [2.75, 3.05) is 13.7 Å². The van der Waals surface area contributed by atoms with Gasteiger partial charge in [-0.3, -0.25) is 4.98 Å². The molecule has 1 aliphatic carbocycles. The number of nitrogens with one attached hydrogen (secondary N) is 1. The Morgan fingerprint density at radius 2 is 1.88 bits per heavy atom. The molecule has 1 saturated carbocycles. The van der Waals surface area contributed by atoms with Crippen LogP contribution in [-0.2, 0) is 9.47 Å². The van der Waals surface area contributed by atoms with Crippen LogP contribution in [0, 0.1) is 5.92 Å². The van der Waals surface area contributed by atoms with E-state index in [1.807, 2.05) is 20.8 Å². The Morgan fingerprint density at radius 1 is 1.19 bits per heavy atom. The van der Waals surface area contributed by atoms with Crippen molar-refractivity contribution >= 4 is 12.1 Å². The first-order valence-corrected chi connectivity index (χ1v) is 8.92. The highest BCUT2D eigenvalue weighted by Gasteiger charge is 2.25. The van der Waals surface area contributed by atoms with Crippen molar-refractivity contribution in [2.24, 2.45) is 5.92 Å². The monoisotopic (exact) mass is 364 g/mol. The van der Waals surface area contributed by atoms with E-state index < -0.39 is 11.6 Å². The van der Waals surface area contributed by atoms with Gasteiger partial charge in [0.15, 0.2) is 0 Å². The molecular weight excluding hydrogens is 336 g/mol. The number of nitrogens with zero attached hydrogens (tertiary/aromatic N) is 1. The van der Waals surface area contributed by atoms with E-state index in [0.29, 0.717) is 23.8 Å². The molecule has 1 aromatic rings. The lowest BCUT2D eigenvalue weighted by Gasteiger charge is -2.30. The summed E-state index contributed by atoms with van der Waals surface area (Å²) in [7, 11) is 1.33. The number of aromatic nitrogens is 1. The molecule has 0 spiro atoms. The van der Waals surface area contributed by atoms with Gasteiger partial charge in [-0.05, 0) is 58.4 Å². The summed E-state index contributed by atoms with van der Waals surface area (Å²) in [6.07, 6.45) is 6.40. The Morgan fingerprint density at radius 3 is 2.50 bits per heavy atom. The van der Waals surface area contributed by atoms with E-state index in [4.69, 9.17) is 9.47 Å². The summed E-state index contributed by atoms with van der Waals surface area (Å²) < 4.78 is 15.8. The summed E-state index contributed by atoms with van der Waals surface area (Å²) in [5.74, 6) is 0.534. The number of methoxy groups -OCH3 is 1. The average Bonchev–Trinajstić information content (AvgIpc) is 2.59. The fourth-order valence-electron chi connectivity index (χ4n) is 2.89. The Labute approximate surface area is 154 Å². The third-order valence-corrected chi connectivity index (χ3v) is 4.19. The van der Waals surface area contributed by atoms with E-state index >= 15 is 0 Å². The zero-order chi connectivity index (χ0) is 19.2. The zero-order valence-corrected chi connectivity index (χ0v) is 15.9. The lowest BCUT2D eigenvalue weighted by molar-refractivity contribution is 0.0482. The molecule has 0 aliphatic heterocycles. The molecule has 1 fully saturated rings. The van der Waals surface area contributed by atoms with Gasteiger partial charge in [-0.1, -0.05) is 0 Å². The van der Waals surface area contributed by atoms with Crippen LogP contribution in [-0.4, -0.2) is 42.4 Å². The van der Waals surface area contributed by atoms with Gasteiger partial charge in [0.25, 0.3) is 0 Å². The third-order valence-electron chi connectivity index (χ3n) is 4.19. The molecule has 0 atom stereocenters. The molecule has 1 heterocycles. The number of alkyl carbamates (subject to hydrolysis) is 1. The number of hydrogen-bond acceptors (Lipinski definition) is 6. The molecule has 1 N–H and O–H groups in total. The van der Waals surface area contributed by atoms with Crippen molar-refractivity contribution in [3.8, 4) is 5.75 Å². The van der Waals surface area contributed by atoms with Gasteiger partial charge < -0.3 is 19.5 Å². The van der Waals surface area contributed by atoms with Gasteiger partial charge in [0.05, 0.1) is 25.5 Å². The predicted molar refractivity (Wildman–Crippen MR) is 96.2 cm³/mol. The molecule has 0 aromatic carbocycles. The van der Waals surface area contributed by atoms with E-state index in [2.05, 4.69) is 15.0 Å². The second-order valence-electron chi connectivity index (χ2n) is 7.58. The predicted octanol–water partition coefficient (Wildman–Crippen LogP) is 3.33. The van der Waals surface area contributed by atoms with E-state index in [0.717, 1.165) is 25.7 Å². The Balaban J connectivity index is 1.74. The number of carbonyl (C=O) groups is 2. The fourth-order valence-corrected chi connectivity index (χ4v) is 2.89. The first-order valence-electron chi connectivity index (χ1n) is 8.92. The van der Waals surface area contributed by atoms with Crippen LogP contribution in [0.5, 0.6) is 5.75 Å². The van der Waals surface area contributed by atoms with Gasteiger partial charge in [-0.25, -0.2) is 9.59 Å². The number of ether oxygens (including phenoxy) is 3. The lowest BCUT2D eigenvalue weighted by Crippen LogP contribution is -2.41. The molecule has 2 rings (SSSR count). The summed E-state index contributed by atoms with van der Waals surface area (Å²) in [6, 6.07) is 1.78. The minimum atomic E-state index is -0.484. The van der Waals surface area contributed by atoms with Crippen molar-refractivity contribution in [1.29, 1.82) is 0 Å². The van der Waals surface area contributed by atoms with E-state index in [1.54, 1.807) is 12.3 Å². The number of hydrogen-bond donors (Lipinski definition) is 1. The maximum atomic E-state index is 11.8. The van der Waals surface area contributed by atoms with Gasteiger partial charge in [0.2, 0.25) is 0 Å². The quantitative estimate of drug-likeness (QED) is 0.807.